The Bertz CT molecular complexity index is 1410. The van der Waals surface area contributed by atoms with Crippen molar-refractivity contribution in [3.8, 4) is 0 Å². The molecule has 0 saturated carbocycles. The number of rotatable bonds is 4. The number of alkyl halides is 3. The summed E-state index contributed by atoms with van der Waals surface area (Å²) in [5, 5.41) is 0.341. The quantitative estimate of drug-likeness (QED) is 0.501. The molecular weight excluding hydrogens is 501 g/mol. The highest BCUT2D eigenvalue weighted by Gasteiger charge is 2.41. The Balaban J connectivity index is 1.82. The van der Waals surface area contributed by atoms with Crippen molar-refractivity contribution in [1.82, 2.24) is 0 Å². The fourth-order valence-electron chi connectivity index (χ4n) is 3.59. The predicted molar refractivity (Wildman–Crippen MR) is 118 cm³/mol. The summed E-state index contributed by atoms with van der Waals surface area (Å²) in [6.45, 7) is -0.673. The maximum absolute atomic E-state index is 13.5. The van der Waals surface area contributed by atoms with Gasteiger partial charge in [-0.05, 0) is 48.5 Å². The van der Waals surface area contributed by atoms with E-state index in [-0.39, 0.29) is 29.4 Å². The Morgan fingerprint density at radius 1 is 0.697 bits per heavy atom. The molecular formula is C21H16ClF3N2O4S2. The van der Waals surface area contributed by atoms with Gasteiger partial charge < -0.3 is 0 Å². The molecule has 0 aliphatic carbocycles. The topological polar surface area (TPSA) is 74.8 Å². The number of nitrogens with zero attached hydrogens (tertiary/aromatic N) is 2. The van der Waals surface area contributed by atoms with Gasteiger partial charge in [0.1, 0.15) is 0 Å². The van der Waals surface area contributed by atoms with Crippen LogP contribution in [0.2, 0.25) is 5.02 Å². The lowest BCUT2D eigenvalue weighted by molar-refractivity contribution is -0.139. The Morgan fingerprint density at radius 2 is 1.18 bits per heavy atom. The van der Waals surface area contributed by atoms with Gasteiger partial charge in [-0.3, -0.25) is 8.61 Å². The molecule has 0 amide bonds. The van der Waals surface area contributed by atoms with E-state index in [1.165, 1.54) is 54.6 Å². The molecule has 4 rings (SSSR count). The van der Waals surface area contributed by atoms with Gasteiger partial charge in [-0.25, -0.2) is 16.8 Å². The number of anilines is 2. The van der Waals surface area contributed by atoms with E-state index in [4.69, 9.17) is 11.6 Å². The highest BCUT2D eigenvalue weighted by molar-refractivity contribution is 7.93. The van der Waals surface area contributed by atoms with E-state index in [9.17, 15) is 30.0 Å². The molecule has 174 valence electrons. The third-order valence-electron chi connectivity index (χ3n) is 5.09. The molecule has 0 aromatic heterocycles. The van der Waals surface area contributed by atoms with Crippen molar-refractivity contribution in [3.63, 3.8) is 0 Å². The molecule has 12 heteroatoms. The van der Waals surface area contributed by atoms with Gasteiger partial charge in [0.05, 0.1) is 39.8 Å². The molecule has 1 aliphatic heterocycles. The van der Waals surface area contributed by atoms with Gasteiger partial charge >= 0.3 is 6.18 Å². The second-order valence-electron chi connectivity index (χ2n) is 7.09. The molecule has 0 unspecified atom stereocenters. The smallest absolute Gasteiger partial charge is 0.262 e. The third kappa shape index (κ3) is 4.16. The summed E-state index contributed by atoms with van der Waals surface area (Å²) in [6.07, 6.45) is -4.89. The molecule has 0 fully saturated rings. The molecule has 33 heavy (non-hydrogen) atoms. The van der Waals surface area contributed by atoms with Crippen LogP contribution in [0.4, 0.5) is 24.5 Å². The van der Waals surface area contributed by atoms with Crippen LogP contribution in [0.25, 0.3) is 0 Å². The molecule has 0 N–H and O–H groups in total. The summed E-state index contributed by atoms with van der Waals surface area (Å²) >= 11 is 5.84. The van der Waals surface area contributed by atoms with Gasteiger partial charge in [0.15, 0.2) is 0 Å². The van der Waals surface area contributed by atoms with Crippen LogP contribution >= 0.6 is 11.6 Å². The fraction of sp³-hybridized carbons (Fsp3) is 0.143. The first kappa shape index (κ1) is 23.4. The van der Waals surface area contributed by atoms with Gasteiger partial charge in [-0.2, -0.15) is 13.2 Å². The summed E-state index contributed by atoms with van der Waals surface area (Å²) in [4.78, 5) is -0.957. The minimum Gasteiger partial charge on any atom is -0.262 e. The highest BCUT2D eigenvalue weighted by atomic mass is 35.5. The van der Waals surface area contributed by atoms with Crippen molar-refractivity contribution >= 4 is 43.0 Å². The first-order chi connectivity index (χ1) is 15.4. The Morgan fingerprint density at radius 3 is 1.73 bits per heavy atom. The molecule has 0 bridgehead atoms. The third-order valence-corrected chi connectivity index (χ3v) is 9.04. The van der Waals surface area contributed by atoms with E-state index in [2.05, 4.69) is 0 Å². The SMILES string of the molecule is O=S(=O)(c1ccc(Cl)cc1)N1CCN(S(=O)(=O)c2ccccc2C(F)(F)F)c2ccccc21. The summed E-state index contributed by atoms with van der Waals surface area (Å²) in [5.74, 6) is 0. The zero-order chi connectivity index (χ0) is 24.0. The minimum atomic E-state index is -4.89. The summed E-state index contributed by atoms with van der Waals surface area (Å²) in [7, 11) is -8.74. The maximum Gasteiger partial charge on any atom is 0.417 e. The van der Waals surface area contributed by atoms with Crippen LogP contribution in [0.5, 0.6) is 0 Å². The molecule has 0 saturated heterocycles. The van der Waals surface area contributed by atoms with Crippen LogP contribution in [-0.4, -0.2) is 29.9 Å². The van der Waals surface area contributed by atoms with Crippen molar-refractivity contribution in [1.29, 1.82) is 0 Å². The van der Waals surface area contributed by atoms with E-state index >= 15 is 0 Å². The lowest BCUT2D eigenvalue weighted by Gasteiger charge is -2.37. The molecule has 6 nitrogen and oxygen atoms in total. The first-order valence-electron chi connectivity index (χ1n) is 9.50. The predicted octanol–water partition coefficient (Wildman–Crippen LogP) is 4.76. The lowest BCUT2D eigenvalue weighted by Crippen LogP contribution is -2.46. The van der Waals surface area contributed by atoms with Crippen molar-refractivity contribution in [2.24, 2.45) is 0 Å². The van der Waals surface area contributed by atoms with E-state index in [1.807, 2.05) is 0 Å². The summed E-state index contributed by atoms with van der Waals surface area (Å²) < 4.78 is 95.5. The van der Waals surface area contributed by atoms with Crippen molar-refractivity contribution in [3.05, 3.63) is 83.4 Å². The van der Waals surface area contributed by atoms with Crippen LogP contribution in [0.15, 0.2) is 82.6 Å². The van der Waals surface area contributed by atoms with Crippen molar-refractivity contribution < 1.29 is 30.0 Å². The van der Waals surface area contributed by atoms with Gasteiger partial charge in [0.2, 0.25) is 0 Å². The normalized spacial score (nSPS) is 14.8. The van der Waals surface area contributed by atoms with Crippen LogP contribution in [-0.2, 0) is 26.2 Å². The van der Waals surface area contributed by atoms with E-state index < -0.39 is 36.7 Å². The average Bonchev–Trinajstić information content (AvgIpc) is 2.78. The summed E-state index contributed by atoms with van der Waals surface area (Å²) in [5.41, 5.74) is -1.30. The van der Waals surface area contributed by atoms with Crippen LogP contribution in [0.3, 0.4) is 0 Å². The molecule has 0 spiro atoms. The van der Waals surface area contributed by atoms with Gasteiger partial charge in [-0.1, -0.05) is 35.9 Å². The van der Waals surface area contributed by atoms with E-state index in [0.29, 0.717) is 11.1 Å². The maximum atomic E-state index is 13.5. The van der Waals surface area contributed by atoms with Crippen molar-refractivity contribution in [2.45, 2.75) is 16.0 Å². The zero-order valence-corrected chi connectivity index (χ0v) is 19.1. The fourth-order valence-corrected chi connectivity index (χ4v) is 6.87. The van der Waals surface area contributed by atoms with Crippen LogP contribution in [0, 0.1) is 0 Å². The zero-order valence-electron chi connectivity index (χ0n) is 16.7. The van der Waals surface area contributed by atoms with Gasteiger partial charge in [-0.15, -0.1) is 0 Å². The molecule has 0 atom stereocenters. The first-order valence-corrected chi connectivity index (χ1v) is 12.8. The molecule has 3 aromatic carbocycles. The second kappa shape index (κ2) is 8.23. The largest absolute Gasteiger partial charge is 0.417 e. The lowest BCUT2D eigenvalue weighted by atomic mass is 10.2. The number of para-hydroxylation sites is 2. The van der Waals surface area contributed by atoms with Crippen LogP contribution < -0.4 is 8.61 Å². The molecule has 1 heterocycles. The number of halogens is 4. The van der Waals surface area contributed by atoms with Crippen molar-refractivity contribution in [2.75, 3.05) is 21.7 Å². The monoisotopic (exact) mass is 516 g/mol. The number of fused-ring (bicyclic) bond motifs is 1. The van der Waals surface area contributed by atoms with Gasteiger partial charge in [0, 0.05) is 5.02 Å². The minimum absolute atomic E-state index is 0.0340. The molecule has 1 aliphatic rings. The van der Waals surface area contributed by atoms with Crippen LogP contribution in [0.1, 0.15) is 5.56 Å². The van der Waals surface area contributed by atoms with E-state index in [0.717, 1.165) is 20.7 Å². The number of benzene rings is 3. The Kier molecular flexibility index (Phi) is 5.83. The molecule has 3 aromatic rings. The number of hydrogen-bond acceptors (Lipinski definition) is 4. The number of sulfonamides is 2. The Hall–Kier alpha value is -2.76. The van der Waals surface area contributed by atoms with Gasteiger partial charge in [0.25, 0.3) is 20.0 Å². The highest BCUT2D eigenvalue weighted by Crippen LogP contribution is 2.41. The number of hydrogen-bond donors (Lipinski definition) is 0. The Labute approximate surface area is 193 Å². The standard InChI is InChI=1S/C21H16ClF3N2O4S2/c22-15-9-11-16(12-10-15)32(28,29)26-13-14-27(19-7-3-2-6-18(19)26)33(30,31)20-8-4-1-5-17(20)21(23,24)25/h1-12H,13-14H2. The molecule has 0 radical (unpaired) electrons. The second-order valence-corrected chi connectivity index (χ2v) is 11.2. The summed E-state index contributed by atoms with van der Waals surface area (Å²) in [6, 6.07) is 15.1. The average molecular weight is 517 g/mol. The van der Waals surface area contributed by atoms with E-state index in [1.54, 1.807) is 0 Å².